The highest BCUT2D eigenvalue weighted by molar-refractivity contribution is 7.89. The van der Waals surface area contributed by atoms with Gasteiger partial charge < -0.3 is 5.32 Å². The Labute approximate surface area is 178 Å². The lowest BCUT2D eigenvalue weighted by Crippen LogP contribution is -2.41. The molecule has 30 heavy (non-hydrogen) atoms. The van der Waals surface area contributed by atoms with Gasteiger partial charge in [0.15, 0.2) is 5.78 Å². The highest BCUT2D eigenvalue weighted by Crippen LogP contribution is 2.35. The van der Waals surface area contributed by atoms with Gasteiger partial charge in [0, 0.05) is 12.6 Å². The summed E-state index contributed by atoms with van der Waals surface area (Å²) in [5.41, 5.74) is 1.49. The Hall–Kier alpha value is -2.51. The van der Waals surface area contributed by atoms with Gasteiger partial charge in [-0.15, -0.1) is 0 Å². The van der Waals surface area contributed by atoms with Gasteiger partial charge in [0.1, 0.15) is 0 Å². The monoisotopic (exact) mass is 428 g/mol. The summed E-state index contributed by atoms with van der Waals surface area (Å²) in [5.74, 6) is -0.106. The quantitative estimate of drug-likeness (QED) is 0.652. The molecule has 0 heterocycles. The minimum absolute atomic E-state index is 0.0539. The SMILES string of the molecule is CC(=O)c1ccc(S(=O)(=O)N(C)CC(=O)NC(c2ccccc2)C2CCCC2)cc1. The molecule has 6 nitrogen and oxygen atoms in total. The molecule has 1 atom stereocenters. The molecule has 0 radical (unpaired) electrons. The molecule has 1 amide bonds. The summed E-state index contributed by atoms with van der Waals surface area (Å²) in [6, 6.07) is 15.5. The molecule has 7 heteroatoms. The molecule has 160 valence electrons. The first-order valence-corrected chi connectivity index (χ1v) is 11.6. The van der Waals surface area contributed by atoms with Gasteiger partial charge in [-0.2, -0.15) is 4.31 Å². The first kappa shape index (κ1) is 22.2. The zero-order valence-corrected chi connectivity index (χ0v) is 18.2. The molecule has 1 saturated carbocycles. The van der Waals surface area contributed by atoms with Crippen molar-refractivity contribution in [1.29, 1.82) is 0 Å². The molecule has 3 rings (SSSR count). The van der Waals surface area contributed by atoms with Gasteiger partial charge in [0.2, 0.25) is 15.9 Å². The van der Waals surface area contributed by atoms with Crippen molar-refractivity contribution in [2.24, 2.45) is 5.92 Å². The van der Waals surface area contributed by atoms with Crippen molar-refractivity contribution in [1.82, 2.24) is 9.62 Å². The van der Waals surface area contributed by atoms with E-state index in [0.717, 1.165) is 35.6 Å². The second-order valence-corrected chi connectivity index (χ2v) is 9.89. The first-order valence-electron chi connectivity index (χ1n) is 10.2. The summed E-state index contributed by atoms with van der Waals surface area (Å²) in [6.45, 7) is 1.15. The number of sulfonamides is 1. The minimum atomic E-state index is -3.83. The number of carbonyl (C=O) groups is 2. The van der Waals surface area contributed by atoms with Crippen molar-refractivity contribution < 1.29 is 18.0 Å². The molecule has 0 aliphatic heterocycles. The molecule has 0 saturated heterocycles. The molecule has 0 bridgehead atoms. The van der Waals surface area contributed by atoms with Crippen LogP contribution in [0.1, 0.15) is 54.6 Å². The average molecular weight is 429 g/mol. The molecule has 1 N–H and O–H groups in total. The van der Waals surface area contributed by atoms with E-state index in [9.17, 15) is 18.0 Å². The number of rotatable bonds is 8. The van der Waals surface area contributed by atoms with E-state index < -0.39 is 10.0 Å². The highest BCUT2D eigenvalue weighted by Gasteiger charge is 2.29. The Morgan fingerprint density at radius 2 is 1.63 bits per heavy atom. The summed E-state index contributed by atoms with van der Waals surface area (Å²) < 4.78 is 26.7. The van der Waals surface area contributed by atoms with E-state index in [2.05, 4.69) is 5.32 Å². The average Bonchev–Trinajstić information content (AvgIpc) is 3.27. The largest absolute Gasteiger partial charge is 0.348 e. The van der Waals surface area contributed by atoms with Crippen molar-refractivity contribution >= 4 is 21.7 Å². The molecule has 0 aromatic heterocycles. The summed E-state index contributed by atoms with van der Waals surface area (Å²) >= 11 is 0. The topological polar surface area (TPSA) is 83.6 Å². The number of amides is 1. The van der Waals surface area contributed by atoms with Crippen LogP contribution in [0.5, 0.6) is 0 Å². The molecule has 2 aromatic carbocycles. The molecular weight excluding hydrogens is 400 g/mol. The van der Waals surface area contributed by atoms with Gasteiger partial charge in [-0.3, -0.25) is 9.59 Å². The van der Waals surface area contributed by atoms with E-state index in [1.54, 1.807) is 0 Å². The fourth-order valence-electron chi connectivity index (χ4n) is 3.97. The fourth-order valence-corrected chi connectivity index (χ4v) is 5.10. The Kier molecular flexibility index (Phi) is 7.05. The molecule has 1 unspecified atom stereocenters. The van der Waals surface area contributed by atoms with Crippen molar-refractivity contribution in [3.63, 3.8) is 0 Å². The third-order valence-electron chi connectivity index (χ3n) is 5.68. The van der Waals surface area contributed by atoms with Crippen LogP contribution in [0.4, 0.5) is 0 Å². The van der Waals surface area contributed by atoms with Crippen LogP contribution in [-0.4, -0.2) is 38.0 Å². The highest BCUT2D eigenvalue weighted by atomic mass is 32.2. The van der Waals surface area contributed by atoms with Gasteiger partial charge in [-0.25, -0.2) is 8.42 Å². The van der Waals surface area contributed by atoms with Crippen LogP contribution in [0.3, 0.4) is 0 Å². The Bertz CT molecular complexity index is 982. The number of hydrogen-bond acceptors (Lipinski definition) is 4. The number of likely N-dealkylation sites (N-methyl/N-ethyl adjacent to an activating group) is 1. The number of carbonyl (C=O) groups excluding carboxylic acids is 2. The smallest absolute Gasteiger partial charge is 0.243 e. The second-order valence-electron chi connectivity index (χ2n) is 7.84. The molecular formula is C23H28N2O4S. The summed E-state index contributed by atoms with van der Waals surface area (Å²) in [5, 5.41) is 3.06. The molecule has 1 aliphatic carbocycles. The van der Waals surface area contributed by atoms with E-state index in [1.165, 1.54) is 38.2 Å². The van der Waals surface area contributed by atoms with Crippen LogP contribution in [0.15, 0.2) is 59.5 Å². The van der Waals surface area contributed by atoms with Crippen LogP contribution in [-0.2, 0) is 14.8 Å². The van der Waals surface area contributed by atoms with Crippen molar-refractivity contribution in [3.05, 3.63) is 65.7 Å². The number of hydrogen-bond donors (Lipinski definition) is 1. The zero-order chi connectivity index (χ0) is 21.7. The van der Waals surface area contributed by atoms with E-state index in [0.29, 0.717) is 11.5 Å². The van der Waals surface area contributed by atoms with Crippen LogP contribution in [0, 0.1) is 5.92 Å². The van der Waals surface area contributed by atoms with Gasteiger partial charge in [0.05, 0.1) is 17.5 Å². The maximum Gasteiger partial charge on any atom is 0.243 e. The third-order valence-corrected chi connectivity index (χ3v) is 7.50. The van der Waals surface area contributed by atoms with Gasteiger partial charge in [-0.1, -0.05) is 55.3 Å². The number of Topliss-reactive ketones (excluding diaryl/α,β-unsaturated/α-hetero) is 1. The van der Waals surface area contributed by atoms with Crippen molar-refractivity contribution in [2.45, 2.75) is 43.5 Å². The van der Waals surface area contributed by atoms with Gasteiger partial charge in [0.25, 0.3) is 0 Å². The van der Waals surface area contributed by atoms with E-state index in [-0.39, 0.29) is 29.2 Å². The molecule has 0 spiro atoms. The van der Waals surface area contributed by atoms with Crippen LogP contribution < -0.4 is 5.32 Å². The summed E-state index contributed by atoms with van der Waals surface area (Å²) in [6.07, 6.45) is 4.40. The van der Waals surface area contributed by atoms with Crippen LogP contribution in [0.2, 0.25) is 0 Å². The predicted molar refractivity (Wildman–Crippen MR) is 116 cm³/mol. The second kappa shape index (κ2) is 9.53. The van der Waals surface area contributed by atoms with E-state index in [1.807, 2.05) is 30.3 Å². The maximum absolute atomic E-state index is 12.8. The van der Waals surface area contributed by atoms with Crippen molar-refractivity contribution in [2.75, 3.05) is 13.6 Å². The van der Waals surface area contributed by atoms with Crippen molar-refractivity contribution in [3.8, 4) is 0 Å². The van der Waals surface area contributed by atoms with E-state index >= 15 is 0 Å². The lowest BCUT2D eigenvalue weighted by molar-refractivity contribution is -0.122. The van der Waals surface area contributed by atoms with Crippen LogP contribution >= 0.6 is 0 Å². The normalized spacial score (nSPS) is 15.8. The van der Waals surface area contributed by atoms with E-state index in [4.69, 9.17) is 0 Å². The zero-order valence-electron chi connectivity index (χ0n) is 17.4. The summed E-state index contributed by atoms with van der Waals surface area (Å²) in [7, 11) is -2.44. The number of nitrogens with zero attached hydrogens (tertiary/aromatic N) is 1. The number of nitrogens with one attached hydrogen (secondary N) is 1. The predicted octanol–water partition coefficient (Wildman–Crippen LogP) is 3.56. The molecule has 1 aliphatic rings. The maximum atomic E-state index is 12.8. The van der Waals surface area contributed by atoms with Crippen LogP contribution in [0.25, 0.3) is 0 Å². The lowest BCUT2D eigenvalue weighted by atomic mass is 9.91. The molecule has 2 aromatic rings. The summed E-state index contributed by atoms with van der Waals surface area (Å²) in [4.78, 5) is 24.2. The number of ketones is 1. The van der Waals surface area contributed by atoms with Gasteiger partial charge in [-0.05, 0) is 43.4 Å². The Balaban J connectivity index is 1.70. The standard InChI is InChI=1S/C23H28N2O4S/c1-17(26)18-12-14-21(15-13-18)30(28,29)25(2)16-22(27)24-23(20-10-6-7-11-20)19-8-4-3-5-9-19/h3-5,8-9,12-15,20,23H,6-7,10-11,16H2,1-2H3,(H,24,27). The lowest BCUT2D eigenvalue weighted by Gasteiger charge is -2.26. The Morgan fingerprint density at radius 1 is 1.03 bits per heavy atom. The first-order chi connectivity index (χ1) is 14.3. The minimum Gasteiger partial charge on any atom is -0.348 e. The third kappa shape index (κ3) is 5.15. The number of benzene rings is 2. The van der Waals surface area contributed by atoms with Gasteiger partial charge >= 0.3 is 0 Å². The fraction of sp³-hybridized carbons (Fsp3) is 0.391. The molecule has 1 fully saturated rings. The Morgan fingerprint density at radius 3 is 2.20 bits per heavy atom.